The van der Waals surface area contributed by atoms with Crippen LogP contribution in [0.5, 0.6) is 17.2 Å². The van der Waals surface area contributed by atoms with Gasteiger partial charge in [0, 0.05) is 49.4 Å². The predicted octanol–water partition coefficient (Wildman–Crippen LogP) is 2.59. The number of hydrogen-bond acceptors (Lipinski definition) is 8. The predicted molar refractivity (Wildman–Crippen MR) is 123 cm³/mol. The van der Waals surface area contributed by atoms with Crippen molar-refractivity contribution in [3.8, 4) is 17.2 Å². The number of piperazine rings is 1. The summed E-state index contributed by atoms with van der Waals surface area (Å²) in [5, 5.41) is 3.61. The minimum Gasteiger partial charge on any atom is -0.497 e. The van der Waals surface area contributed by atoms with Crippen LogP contribution in [0.15, 0.2) is 36.4 Å². The van der Waals surface area contributed by atoms with E-state index in [2.05, 4.69) is 15.3 Å². The molecule has 1 aliphatic rings. The molecule has 0 spiro atoms. The van der Waals surface area contributed by atoms with Gasteiger partial charge in [-0.3, -0.25) is 0 Å². The molecule has 0 bridgehead atoms. The molecular weight excluding hydrogens is 412 g/mol. The molecule has 0 saturated carbocycles. The average Bonchev–Trinajstić information content (AvgIpc) is 2.83. The van der Waals surface area contributed by atoms with Crippen LogP contribution in [-0.4, -0.2) is 68.4 Å². The zero-order chi connectivity index (χ0) is 22.7. The van der Waals surface area contributed by atoms with E-state index in [4.69, 9.17) is 19.9 Å². The third-order valence-electron chi connectivity index (χ3n) is 5.39. The van der Waals surface area contributed by atoms with Crippen LogP contribution in [-0.2, 0) is 0 Å². The van der Waals surface area contributed by atoms with E-state index in [0.717, 1.165) is 0 Å². The van der Waals surface area contributed by atoms with Gasteiger partial charge in [-0.1, -0.05) is 6.07 Å². The molecule has 1 fully saturated rings. The van der Waals surface area contributed by atoms with Crippen molar-refractivity contribution in [2.24, 2.45) is 0 Å². The first kappa shape index (κ1) is 21.3. The maximum absolute atomic E-state index is 12.6. The highest BCUT2D eigenvalue weighted by Crippen LogP contribution is 2.34. The molecule has 1 aromatic heterocycles. The number of nitrogens with one attached hydrogen (secondary N) is 1. The van der Waals surface area contributed by atoms with Gasteiger partial charge in [0.15, 0.2) is 11.5 Å². The zero-order valence-electron chi connectivity index (χ0n) is 18.3. The van der Waals surface area contributed by atoms with E-state index in [9.17, 15) is 4.79 Å². The molecule has 4 rings (SSSR count). The largest absolute Gasteiger partial charge is 0.497 e. The SMILES string of the molecule is COc1cccc(NC(=O)N2CCN(c3nc(N)c4cc(OC)c(OC)cc4n3)CC2)c1. The van der Waals surface area contributed by atoms with E-state index < -0.39 is 0 Å². The summed E-state index contributed by atoms with van der Waals surface area (Å²) in [6.07, 6.45) is 0. The molecule has 1 saturated heterocycles. The highest BCUT2D eigenvalue weighted by molar-refractivity contribution is 5.92. The van der Waals surface area contributed by atoms with Crippen LogP contribution in [0.2, 0.25) is 0 Å². The van der Waals surface area contributed by atoms with E-state index in [1.165, 1.54) is 0 Å². The van der Waals surface area contributed by atoms with Gasteiger partial charge in [0.25, 0.3) is 0 Å². The lowest BCUT2D eigenvalue weighted by Crippen LogP contribution is -2.50. The Morgan fingerprint density at radius 3 is 2.38 bits per heavy atom. The molecule has 32 heavy (non-hydrogen) atoms. The second-order valence-corrected chi connectivity index (χ2v) is 7.27. The summed E-state index contributed by atoms with van der Waals surface area (Å²) < 4.78 is 15.9. The quantitative estimate of drug-likeness (QED) is 0.625. The minimum atomic E-state index is -0.159. The number of nitrogens with two attached hydrogens (primary N) is 1. The Hall–Kier alpha value is -3.95. The monoisotopic (exact) mass is 438 g/mol. The Kier molecular flexibility index (Phi) is 6.02. The maximum atomic E-state index is 12.6. The van der Waals surface area contributed by atoms with Gasteiger partial charge in [-0.05, 0) is 18.2 Å². The normalized spacial score (nSPS) is 13.7. The standard InChI is InChI=1S/C22H26N6O4/c1-30-15-6-4-5-14(11-15)24-22(29)28-9-7-27(8-10-28)21-25-17-13-19(32-3)18(31-2)12-16(17)20(23)26-21/h4-6,11-13H,7-10H2,1-3H3,(H,24,29)(H2,23,25,26). The van der Waals surface area contributed by atoms with Crippen LogP contribution in [0.25, 0.3) is 10.9 Å². The van der Waals surface area contributed by atoms with E-state index in [-0.39, 0.29) is 6.03 Å². The third kappa shape index (κ3) is 4.25. The van der Waals surface area contributed by atoms with Crippen molar-refractivity contribution >= 4 is 34.4 Å². The summed E-state index contributed by atoms with van der Waals surface area (Å²) in [5.41, 5.74) is 7.56. The molecule has 0 aliphatic carbocycles. The average molecular weight is 438 g/mol. The summed E-state index contributed by atoms with van der Waals surface area (Å²) in [6.45, 7) is 2.24. The molecule has 3 aromatic rings. The fraction of sp³-hybridized carbons (Fsp3) is 0.318. The van der Waals surface area contributed by atoms with Gasteiger partial charge >= 0.3 is 6.03 Å². The van der Waals surface area contributed by atoms with Crippen LogP contribution in [0.1, 0.15) is 0 Å². The molecule has 0 unspecified atom stereocenters. The second kappa shape index (κ2) is 9.04. The molecular formula is C22H26N6O4. The summed E-state index contributed by atoms with van der Waals surface area (Å²) in [7, 11) is 4.73. The number of ether oxygens (including phenoxy) is 3. The summed E-state index contributed by atoms with van der Waals surface area (Å²) >= 11 is 0. The lowest BCUT2D eigenvalue weighted by atomic mass is 10.2. The van der Waals surface area contributed by atoms with Crippen LogP contribution < -0.4 is 30.2 Å². The highest BCUT2D eigenvalue weighted by atomic mass is 16.5. The van der Waals surface area contributed by atoms with Crippen molar-refractivity contribution in [2.45, 2.75) is 0 Å². The number of rotatable bonds is 5. The van der Waals surface area contributed by atoms with Crippen molar-refractivity contribution in [3.63, 3.8) is 0 Å². The fourth-order valence-corrected chi connectivity index (χ4v) is 3.62. The number of fused-ring (bicyclic) bond motifs is 1. The van der Waals surface area contributed by atoms with Crippen LogP contribution in [0.4, 0.5) is 22.2 Å². The molecule has 0 atom stereocenters. The molecule has 2 heterocycles. The number of amides is 2. The van der Waals surface area contributed by atoms with Gasteiger partial charge < -0.3 is 35.1 Å². The summed E-state index contributed by atoms with van der Waals surface area (Å²) in [4.78, 5) is 25.6. The number of aromatic nitrogens is 2. The molecule has 2 amide bonds. The van der Waals surface area contributed by atoms with Crippen LogP contribution in [0, 0.1) is 0 Å². The Bertz CT molecular complexity index is 1130. The first-order valence-corrected chi connectivity index (χ1v) is 10.2. The maximum Gasteiger partial charge on any atom is 0.321 e. The topological polar surface area (TPSA) is 115 Å². The molecule has 1 aliphatic heterocycles. The lowest BCUT2D eigenvalue weighted by molar-refractivity contribution is 0.208. The first-order chi connectivity index (χ1) is 15.5. The minimum absolute atomic E-state index is 0.159. The number of urea groups is 1. The van der Waals surface area contributed by atoms with Gasteiger partial charge in [0.1, 0.15) is 11.6 Å². The third-order valence-corrected chi connectivity index (χ3v) is 5.39. The number of anilines is 3. The molecule has 10 nitrogen and oxygen atoms in total. The fourth-order valence-electron chi connectivity index (χ4n) is 3.62. The van der Waals surface area contributed by atoms with E-state index in [1.54, 1.807) is 44.4 Å². The number of nitrogens with zero attached hydrogens (tertiary/aromatic N) is 4. The van der Waals surface area contributed by atoms with Crippen molar-refractivity contribution in [1.29, 1.82) is 0 Å². The van der Waals surface area contributed by atoms with Crippen LogP contribution in [0.3, 0.4) is 0 Å². The second-order valence-electron chi connectivity index (χ2n) is 7.27. The molecule has 3 N–H and O–H groups in total. The van der Waals surface area contributed by atoms with Crippen LogP contribution >= 0.6 is 0 Å². The van der Waals surface area contributed by atoms with E-state index in [1.807, 2.05) is 23.1 Å². The number of methoxy groups -OCH3 is 3. The van der Waals surface area contributed by atoms with Crippen molar-refractivity contribution < 1.29 is 19.0 Å². The Balaban J connectivity index is 1.46. The van der Waals surface area contributed by atoms with Crippen molar-refractivity contribution in [1.82, 2.24) is 14.9 Å². The number of carbonyl (C=O) groups excluding carboxylic acids is 1. The molecule has 10 heteroatoms. The zero-order valence-corrected chi connectivity index (χ0v) is 18.3. The summed E-state index contributed by atoms with van der Waals surface area (Å²) in [5.74, 6) is 2.72. The van der Waals surface area contributed by atoms with Gasteiger partial charge in [0.2, 0.25) is 5.95 Å². The lowest BCUT2D eigenvalue weighted by Gasteiger charge is -2.34. The van der Waals surface area contributed by atoms with Gasteiger partial charge in [-0.15, -0.1) is 0 Å². The van der Waals surface area contributed by atoms with Crippen molar-refractivity contribution in [3.05, 3.63) is 36.4 Å². The van der Waals surface area contributed by atoms with Gasteiger partial charge in [0.05, 0.1) is 26.8 Å². The Labute approximate surface area is 185 Å². The molecule has 168 valence electrons. The van der Waals surface area contributed by atoms with Gasteiger partial charge in [-0.25, -0.2) is 9.78 Å². The number of benzene rings is 2. The van der Waals surface area contributed by atoms with E-state index >= 15 is 0 Å². The van der Waals surface area contributed by atoms with Gasteiger partial charge in [-0.2, -0.15) is 4.98 Å². The number of nitrogen functional groups attached to an aromatic ring is 1. The summed E-state index contributed by atoms with van der Waals surface area (Å²) in [6, 6.07) is 10.7. The first-order valence-electron chi connectivity index (χ1n) is 10.2. The molecule has 0 radical (unpaired) electrons. The smallest absolute Gasteiger partial charge is 0.321 e. The number of hydrogen-bond donors (Lipinski definition) is 2. The Morgan fingerprint density at radius 1 is 0.969 bits per heavy atom. The highest BCUT2D eigenvalue weighted by Gasteiger charge is 2.24. The van der Waals surface area contributed by atoms with E-state index in [0.29, 0.717) is 71.8 Å². The Morgan fingerprint density at radius 2 is 1.69 bits per heavy atom. The van der Waals surface area contributed by atoms with Crippen molar-refractivity contribution in [2.75, 3.05) is 63.5 Å². The molecule has 2 aromatic carbocycles. The number of carbonyl (C=O) groups is 1.